The van der Waals surface area contributed by atoms with Crippen LogP contribution in [0.15, 0.2) is 30.3 Å². The summed E-state index contributed by atoms with van der Waals surface area (Å²) in [4.78, 5) is 23.8. The fourth-order valence-corrected chi connectivity index (χ4v) is 1.78. The molecule has 2 aromatic rings. The Morgan fingerprint density at radius 1 is 1.35 bits per heavy atom. The normalized spacial score (nSPS) is 11.9. The number of benzene rings is 1. The predicted molar refractivity (Wildman–Crippen MR) is 69.4 cm³/mol. The van der Waals surface area contributed by atoms with E-state index in [1.807, 2.05) is 0 Å². The molecule has 0 radical (unpaired) electrons. The third-order valence-corrected chi connectivity index (χ3v) is 2.82. The monoisotopic (exact) mass is 294 g/mol. The van der Waals surface area contributed by atoms with Crippen molar-refractivity contribution in [2.75, 3.05) is 6.61 Å². The molecule has 0 amide bonds. The van der Waals surface area contributed by atoms with Gasteiger partial charge in [-0.05, 0) is 17.4 Å². The Balaban J connectivity index is 2.26. The van der Waals surface area contributed by atoms with E-state index in [0.29, 0.717) is 5.56 Å². The number of esters is 1. The van der Waals surface area contributed by atoms with E-state index in [2.05, 4.69) is 15.5 Å². The molecule has 104 valence electrons. The number of tetrazole rings is 1. The van der Waals surface area contributed by atoms with Crippen LogP contribution in [0.2, 0.25) is 0 Å². The molecule has 0 N–H and O–H groups in total. The van der Waals surface area contributed by atoms with E-state index >= 15 is 0 Å². The highest BCUT2D eigenvalue weighted by atomic mass is 35.5. The molecule has 7 nitrogen and oxygen atoms in total. The Morgan fingerprint density at radius 2 is 2.05 bits per heavy atom. The lowest BCUT2D eigenvalue weighted by Crippen LogP contribution is -2.21. The SMILES string of the molecule is CCOC(=O)c1nnnn1C(Cl)C(=O)c1ccccc1. The lowest BCUT2D eigenvalue weighted by atomic mass is 10.1. The van der Waals surface area contributed by atoms with Gasteiger partial charge in [0.1, 0.15) is 0 Å². The number of aromatic nitrogens is 4. The zero-order valence-corrected chi connectivity index (χ0v) is 11.3. The highest BCUT2D eigenvalue weighted by Gasteiger charge is 2.27. The quantitative estimate of drug-likeness (QED) is 0.471. The van der Waals surface area contributed by atoms with Crippen LogP contribution in [0.5, 0.6) is 0 Å². The van der Waals surface area contributed by atoms with Crippen molar-refractivity contribution >= 4 is 23.4 Å². The molecule has 1 unspecified atom stereocenters. The Morgan fingerprint density at radius 3 is 2.70 bits per heavy atom. The van der Waals surface area contributed by atoms with Gasteiger partial charge in [-0.2, -0.15) is 4.68 Å². The van der Waals surface area contributed by atoms with Crippen LogP contribution in [0.25, 0.3) is 0 Å². The predicted octanol–water partition coefficient (Wildman–Crippen LogP) is 1.47. The van der Waals surface area contributed by atoms with E-state index in [1.54, 1.807) is 37.3 Å². The van der Waals surface area contributed by atoms with Gasteiger partial charge in [-0.25, -0.2) is 4.79 Å². The van der Waals surface area contributed by atoms with Gasteiger partial charge in [0.15, 0.2) is 5.50 Å². The second kappa shape index (κ2) is 6.25. The molecule has 0 aliphatic heterocycles. The summed E-state index contributed by atoms with van der Waals surface area (Å²) in [6, 6.07) is 8.44. The van der Waals surface area contributed by atoms with Gasteiger partial charge in [0, 0.05) is 5.56 Å². The van der Waals surface area contributed by atoms with Crippen LogP contribution in [0.4, 0.5) is 0 Å². The number of nitrogens with zero attached hydrogens (tertiary/aromatic N) is 4. The van der Waals surface area contributed by atoms with Crippen LogP contribution in [0, 0.1) is 0 Å². The Labute approximate surface area is 119 Å². The zero-order valence-electron chi connectivity index (χ0n) is 10.6. The van der Waals surface area contributed by atoms with Crippen molar-refractivity contribution in [2.45, 2.75) is 12.4 Å². The van der Waals surface area contributed by atoms with Gasteiger partial charge in [-0.15, -0.1) is 5.10 Å². The molecule has 2 rings (SSSR count). The fraction of sp³-hybridized carbons (Fsp3) is 0.250. The van der Waals surface area contributed by atoms with Gasteiger partial charge >= 0.3 is 5.97 Å². The van der Waals surface area contributed by atoms with Gasteiger partial charge < -0.3 is 4.74 Å². The Kier molecular flexibility index (Phi) is 4.41. The van der Waals surface area contributed by atoms with Crippen molar-refractivity contribution in [2.24, 2.45) is 0 Å². The smallest absolute Gasteiger partial charge is 0.378 e. The van der Waals surface area contributed by atoms with Gasteiger partial charge in [0.2, 0.25) is 5.78 Å². The minimum atomic E-state index is -1.22. The van der Waals surface area contributed by atoms with Gasteiger partial charge in [0.25, 0.3) is 5.82 Å². The summed E-state index contributed by atoms with van der Waals surface area (Å²) in [7, 11) is 0. The van der Waals surface area contributed by atoms with Crippen molar-refractivity contribution in [1.82, 2.24) is 20.2 Å². The van der Waals surface area contributed by atoms with Crippen molar-refractivity contribution in [3.63, 3.8) is 0 Å². The number of rotatable bonds is 5. The largest absolute Gasteiger partial charge is 0.460 e. The first-order valence-electron chi connectivity index (χ1n) is 5.83. The van der Waals surface area contributed by atoms with E-state index in [1.165, 1.54) is 0 Å². The lowest BCUT2D eigenvalue weighted by molar-refractivity contribution is 0.0504. The summed E-state index contributed by atoms with van der Waals surface area (Å²) < 4.78 is 5.73. The van der Waals surface area contributed by atoms with Crippen molar-refractivity contribution < 1.29 is 14.3 Å². The first-order chi connectivity index (χ1) is 9.65. The molecular weight excluding hydrogens is 284 g/mol. The minimum Gasteiger partial charge on any atom is -0.460 e. The third-order valence-electron chi connectivity index (χ3n) is 2.44. The van der Waals surface area contributed by atoms with Crippen molar-refractivity contribution in [3.05, 3.63) is 41.7 Å². The summed E-state index contributed by atoms with van der Waals surface area (Å²) >= 11 is 6.05. The van der Waals surface area contributed by atoms with E-state index in [4.69, 9.17) is 16.3 Å². The van der Waals surface area contributed by atoms with Crippen LogP contribution < -0.4 is 0 Å². The number of carbonyl (C=O) groups excluding carboxylic acids is 2. The van der Waals surface area contributed by atoms with E-state index < -0.39 is 17.3 Å². The van der Waals surface area contributed by atoms with Crippen LogP contribution in [-0.2, 0) is 4.74 Å². The molecule has 0 saturated heterocycles. The van der Waals surface area contributed by atoms with E-state index in [9.17, 15) is 9.59 Å². The molecular formula is C12H11ClN4O3. The molecule has 0 aliphatic carbocycles. The number of ether oxygens (including phenoxy) is 1. The Bertz CT molecular complexity index is 614. The molecule has 1 heterocycles. The van der Waals surface area contributed by atoms with Crippen molar-refractivity contribution in [3.8, 4) is 0 Å². The maximum atomic E-state index is 12.2. The van der Waals surface area contributed by atoms with Gasteiger partial charge in [-0.1, -0.05) is 41.9 Å². The molecule has 0 fully saturated rings. The average molecular weight is 295 g/mol. The molecule has 1 aromatic heterocycles. The Hall–Kier alpha value is -2.28. The lowest BCUT2D eigenvalue weighted by Gasteiger charge is -2.09. The van der Waals surface area contributed by atoms with Crippen molar-refractivity contribution in [1.29, 1.82) is 0 Å². The molecule has 20 heavy (non-hydrogen) atoms. The third kappa shape index (κ3) is 2.83. The number of ketones is 1. The molecule has 8 heteroatoms. The van der Waals surface area contributed by atoms with Crippen LogP contribution in [-0.4, -0.2) is 38.6 Å². The first kappa shape index (κ1) is 14.1. The minimum absolute atomic E-state index is 0.172. The molecule has 0 bridgehead atoms. The molecule has 0 spiro atoms. The van der Waals surface area contributed by atoms with Crippen LogP contribution in [0.3, 0.4) is 0 Å². The number of carbonyl (C=O) groups is 2. The maximum Gasteiger partial charge on any atom is 0.378 e. The van der Waals surface area contributed by atoms with Crippen LogP contribution in [0.1, 0.15) is 33.4 Å². The standard InChI is InChI=1S/C12H11ClN4O3/c1-2-20-12(19)11-14-15-16-17(11)10(13)9(18)8-6-4-3-5-7-8/h3-7,10H,2H2,1H3. The topological polar surface area (TPSA) is 87.0 Å². The van der Waals surface area contributed by atoms with E-state index in [0.717, 1.165) is 4.68 Å². The summed E-state index contributed by atoms with van der Waals surface area (Å²) in [5, 5.41) is 10.4. The number of Topliss-reactive ketones (excluding diaryl/α,β-unsaturated/α-hetero) is 1. The maximum absolute atomic E-state index is 12.2. The molecule has 1 atom stereocenters. The van der Waals surface area contributed by atoms with E-state index in [-0.39, 0.29) is 12.4 Å². The number of hydrogen-bond acceptors (Lipinski definition) is 6. The summed E-state index contributed by atoms with van der Waals surface area (Å²) in [5.41, 5.74) is -0.815. The highest BCUT2D eigenvalue weighted by molar-refractivity contribution is 6.31. The molecule has 0 saturated carbocycles. The average Bonchev–Trinajstić information content (AvgIpc) is 2.96. The fourth-order valence-electron chi connectivity index (χ4n) is 1.53. The van der Waals surface area contributed by atoms with Crippen LogP contribution >= 0.6 is 11.6 Å². The summed E-state index contributed by atoms with van der Waals surface area (Å²) in [6.45, 7) is 1.82. The summed E-state index contributed by atoms with van der Waals surface area (Å²) in [6.07, 6.45) is 0. The second-order valence-corrected chi connectivity index (χ2v) is 4.15. The first-order valence-corrected chi connectivity index (χ1v) is 6.27. The number of alkyl halides is 1. The number of hydrogen-bond donors (Lipinski definition) is 0. The highest BCUT2D eigenvalue weighted by Crippen LogP contribution is 2.19. The zero-order chi connectivity index (χ0) is 14.5. The number of halogens is 1. The van der Waals surface area contributed by atoms with Gasteiger partial charge in [-0.3, -0.25) is 4.79 Å². The summed E-state index contributed by atoms with van der Waals surface area (Å²) in [5.74, 6) is -1.36. The second-order valence-electron chi connectivity index (χ2n) is 3.73. The van der Waals surface area contributed by atoms with Gasteiger partial charge in [0.05, 0.1) is 6.61 Å². The molecule has 0 aliphatic rings. The molecule has 1 aromatic carbocycles.